The van der Waals surface area contributed by atoms with Gasteiger partial charge in [0.1, 0.15) is 17.2 Å². The number of carbonyl (C=O) groups is 1. The third-order valence-corrected chi connectivity index (χ3v) is 14.3. The molecule has 1 aliphatic heterocycles. The zero-order valence-corrected chi connectivity index (χ0v) is 40.4. The highest BCUT2D eigenvalue weighted by molar-refractivity contribution is 9.10. The first-order chi connectivity index (χ1) is 26.7. The lowest BCUT2D eigenvalue weighted by atomic mass is 9.97. The van der Waals surface area contributed by atoms with Crippen LogP contribution in [-0.4, -0.2) is 50.4 Å². The third kappa shape index (κ3) is 21.0. The zero-order chi connectivity index (χ0) is 43.4. The minimum Gasteiger partial charge on any atom is -0.444 e. The van der Waals surface area contributed by atoms with Crippen LogP contribution in [0.15, 0.2) is 102 Å². The van der Waals surface area contributed by atoms with E-state index < -0.39 is 8.32 Å². The first-order valence-corrected chi connectivity index (χ1v) is 24.7. The molecule has 1 fully saturated rings. The van der Waals surface area contributed by atoms with E-state index in [1.165, 1.54) is 17.2 Å². The number of carbonyl (C=O) groups excluding carboxylic acids is 1. The van der Waals surface area contributed by atoms with Gasteiger partial charge in [0.05, 0.1) is 6.04 Å². The van der Waals surface area contributed by atoms with Gasteiger partial charge in [0, 0.05) is 17.6 Å². The molecule has 0 bridgehead atoms. The van der Waals surface area contributed by atoms with E-state index in [-0.39, 0.29) is 28.4 Å². The molecule has 1 aliphatic rings. The Morgan fingerprint density at radius 3 is 1.67 bits per heavy atom. The van der Waals surface area contributed by atoms with E-state index in [1.54, 1.807) is 29.4 Å². The number of nitrogens with zero attached hydrogens (tertiary/aromatic N) is 1. The highest BCUT2D eigenvalue weighted by Gasteiger charge is 2.39. The summed E-state index contributed by atoms with van der Waals surface area (Å²) in [6.07, 6.45) is 4.92. The first kappa shape index (κ1) is 52.0. The fraction of sp³-hybridized carbons (Fsp3) is 0.479. The van der Waals surface area contributed by atoms with Gasteiger partial charge in [-0.3, -0.25) is 0 Å². The molecule has 0 spiro atoms. The van der Waals surface area contributed by atoms with Crippen LogP contribution < -0.4 is 0 Å². The average Bonchev–Trinajstić information content (AvgIpc) is 3.93. The van der Waals surface area contributed by atoms with Crippen molar-refractivity contribution in [3.05, 3.63) is 141 Å². The molecule has 0 unspecified atom stereocenters. The maximum Gasteiger partial charge on any atom is 0.410 e. The monoisotopic (exact) mass is 885 g/mol. The molecule has 0 radical (unpaired) electrons. The van der Waals surface area contributed by atoms with Gasteiger partial charge >= 0.3 is 6.09 Å². The summed E-state index contributed by atoms with van der Waals surface area (Å²) in [6, 6.07) is 31.1. The second kappa shape index (κ2) is 25.5. The van der Waals surface area contributed by atoms with Crippen LogP contribution >= 0.6 is 28.6 Å². The summed E-state index contributed by atoms with van der Waals surface area (Å²) in [5.74, 6) is 0.0248. The standard InChI is InChI=1S/C23H33FOSi.C13H10BrF.C9H17NO2.C2H6.CH4S/c1-18(17-25-26(5,6)23(2,3)4)12-20-14-21(16-22(24)15-20)13-19-10-8-7-9-11-19;14-12-7-11(8-13(15)9-12)6-10-4-2-1-3-5-10;1-5-7-6-10(7)8(11)12-9(2,3)4;2*1-2/h7-11,14-16,18H,12-13,17H2,1-6H3;1-5,7-9H,6H2;7H,5-6H2,1-4H3;1-2H3;2H,1H3/t18-;;7-,10?;;/m0.1../s1. The number of thiol groups is 1. The molecule has 1 amide bonds. The SMILES string of the molecule is CC.CC[C@@H]1CN1C(=O)OC(C)(C)C.CS.C[C@H](CO[Si](C)(C)C(C)(C)C)Cc1cc(F)cc(Cc2ccccc2)c1.Fc1cc(Br)cc(Cc2ccccc2)c1. The Morgan fingerprint density at radius 2 is 1.25 bits per heavy atom. The number of amides is 1. The van der Waals surface area contributed by atoms with E-state index in [9.17, 15) is 13.6 Å². The minimum atomic E-state index is -1.73. The molecular formula is C48H70BrF2NO3SSi. The topological polar surface area (TPSA) is 38.5 Å². The van der Waals surface area contributed by atoms with Crippen LogP contribution in [0.5, 0.6) is 0 Å². The fourth-order valence-corrected chi connectivity index (χ4v) is 7.06. The largest absolute Gasteiger partial charge is 0.444 e. The Morgan fingerprint density at radius 1 is 0.789 bits per heavy atom. The van der Waals surface area contributed by atoms with Crippen LogP contribution in [0, 0.1) is 17.6 Å². The molecular weight excluding hydrogens is 817 g/mol. The van der Waals surface area contributed by atoms with Crippen molar-refractivity contribution in [1.82, 2.24) is 4.90 Å². The minimum absolute atomic E-state index is 0.147. The van der Waals surface area contributed by atoms with Crippen molar-refractivity contribution in [2.24, 2.45) is 5.92 Å². The van der Waals surface area contributed by atoms with Crippen LogP contribution in [0.25, 0.3) is 0 Å². The fourth-order valence-electron chi connectivity index (χ4n) is 5.42. The van der Waals surface area contributed by atoms with Crippen molar-refractivity contribution in [2.45, 2.75) is 125 Å². The van der Waals surface area contributed by atoms with Gasteiger partial charge in [-0.05, 0) is 135 Å². The second-order valence-electron chi connectivity index (χ2n) is 16.6. The van der Waals surface area contributed by atoms with Gasteiger partial charge in [0.15, 0.2) is 8.32 Å². The number of halogens is 3. The van der Waals surface area contributed by atoms with Crippen molar-refractivity contribution < 1.29 is 22.7 Å². The summed E-state index contributed by atoms with van der Waals surface area (Å²) in [4.78, 5) is 13.0. The van der Waals surface area contributed by atoms with Gasteiger partial charge < -0.3 is 14.1 Å². The number of rotatable bonds is 10. The number of benzene rings is 4. The maximum atomic E-state index is 14.1. The summed E-state index contributed by atoms with van der Waals surface area (Å²) in [6.45, 7) is 26.8. The van der Waals surface area contributed by atoms with Gasteiger partial charge in [0.25, 0.3) is 0 Å². The van der Waals surface area contributed by atoms with Crippen molar-refractivity contribution >= 4 is 43.0 Å². The normalized spacial score (nSPS) is 13.8. The Balaban J connectivity index is 0.000000443. The molecule has 57 heavy (non-hydrogen) atoms. The molecule has 4 aromatic carbocycles. The molecule has 9 heteroatoms. The average molecular weight is 887 g/mol. The molecule has 1 saturated heterocycles. The molecule has 4 aromatic rings. The van der Waals surface area contributed by atoms with Crippen molar-refractivity contribution in [2.75, 3.05) is 19.4 Å². The third-order valence-electron chi connectivity index (χ3n) is 9.37. The molecule has 5 rings (SSSR count). The molecule has 4 nitrogen and oxygen atoms in total. The zero-order valence-electron chi connectivity index (χ0n) is 36.9. The summed E-state index contributed by atoms with van der Waals surface area (Å²) in [5, 5.41) is 0.217. The summed E-state index contributed by atoms with van der Waals surface area (Å²) in [5.41, 5.74) is 5.10. The highest BCUT2D eigenvalue weighted by atomic mass is 79.9. The summed E-state index contributed by atoms with van der Waals surface area (Å²) in [7, 11) is -1.73. The lowest BCUT2D eigenvalue weighted by Gasteiger charge is -2.37. The Bertz CT molecular complexity index is 1710. The van der Waals surface area contributed by atoms with E-state index in [0.717, 1.165) is 60.0 Å². The van der Waals surface area contributed by atoms with Gasteiger partial charge in [-0.25, -0.2) is 13.6 Å². The molecule has 0 saturated carbocycles. The lowest BCUT2D eigenvalue weighted by molar-refractivity contribution is 0.0406. The van der Waals surface area contributed by atoms with Crippen LogP contribution in [0.2, 0.25) is 18.1 Å². The predicted octanol–water partition coefficient (Wildman–Crippen LogP) is 14.4. The second-order valence-corrected chi connectivity index (χ2v) is 22.4. The lowest BCUT2D eigenvalue weighted by Crippen LogP contribution is -2.41. The quantitative estimate of drug-likeness (QED) is 0.0979. The number of hydrogen-bond donors (Lipinski definition) is 1. The van der Waals surface area contributed by atoms with Gasteiger partial charge in [0.2, 0.25) is 0 Å². The van der Waals surface area contributed by atoms with E-state index in [4.69, 9.17) is 9.16 Å². The van der Waals surface area contributed by atoms with Crippen molar-refractivity contribution in [3.8, 4) is 0 Å². The summed E-state index contributed by atoms with van der Waals surface area (Å²) < 4.78 is 39.5. The molecule has 0 aromatic heterocycles. The molecule has 0 aliphatic carbocycles. The first-order valence-electron chi connectivity index (χ1n) is 20.1. The van der Waals surface area contributed by atoms with Crippen molar-refractivity contribution in [3.63, 3.8) is 0 Å². The van der Waals surface area contributed by atoms with Crippen LogP contribution in [0.1, 0.15) is 103 Å². The van der Waals surface area contributed by atoms with Crippen molar-refractivity contribution in [1.29, 1.82) is 0 Å². The Labute approximate surface area is 359 Å². The molecule has 0 N–H and O–H groups in total. The van der Waals surface area contributed by atoms with Gasteiger partial charge in [-0.1, -0.05) is 131 Å². The van der Waals surface area contributed by atoms with E-state index in [0.29, 0.717) is 12.0 Å². The maximum absolute atomic E-state index is 14.1. The number of hydrogen-bond acceptors (Lipinski definition) is 4. The molecule has 2 atom stereocenters. The van der Waals surface area contributed by atoms with E-state index in [1.807, 2.05) is 89.2 Å². The smallest absolute Gasteiger partial charge is 0.410 e. The molecule has 1 heterocycles. The summed E-state index contributed by atoms with van der Waals surface area (Å²) >= 11 is 6.81. The predicted molar refractivity (Wildman–Crippen MR) is 248 cm³/mol. The Kier molecular flexibility index (Phi) is 23.3. The van der Waals surface area contributed by atoms with Crippen LogP contribution in [0.4, 0.5) is 13.6 Å². The van der Waals surface area contributed by atoms with Gasteiger partial charge in [-0.15, -0.1) is 0 Å². The van der Waals surface area contributed by atoms with Gasteiger partial charge in [-0.2, -0.15) is 12.6 Å². The van der Waals surface area contributed by atoms with E-state index in [2.05, 4.69) is 94.5 Å². The highest BCUT2D eigenvalue weighted by Crippen LogP contribution is 2.37. The molecule has 316 valence electrons. The van der Waals surface area contributed by atoms with E-state index >= 15 is 0 Å². The van der Waals surface area contributed by atoms with Crippen LogP contribution in [-0.2, 0) is 28.4 Å². The van der Waals surface area contributed by atoms with Crippen LogP contribution in [0.3, 0.4) is 0 Å². The number of ether oxygens (including phenoxy) is 1. The Hall–Kier alpha value is -2.98.